The van der Waals surface area contributed by atoms with Crippen LogP contribution in [0.25, 0.3) is 0 Å². The molecule has 4 rings (SSSR count). The van der Waals surface area contributed by atoms with E-state index in [4.69, 9.17) is 0 Å². The number of nitrogens with zero attached hydrogens (tertiary/aromatic N) is 2. The Bertz CT molecular complexity index is 866. The first-order chi connectivity index (χ1) is 11.8. The second-order valence-corrected chi connectivity index (χ2v) is 7.76. The molecule has 0 aromatic heterocycles. The van der Waals surface area contributed by atoms with Crippen LogP contribution in [0, 0.1) is 33.8 Å². The van der Waals surface area contributed by atoms with Gasteiger partial charge in [0.1, 0.15) is 5.69 Å². The SMILES string of the molecule is CC(C)=C1[C@H]2C=C[C@@H]1[C@@H]1C(=O)N(c3ccc(Br)cc3[N+](=O)[O-])C(=O)[C@H]12. The Hall–Kier alpha value is -2.28. The molecule has 1 heterocycles. The molecule has 25 heavy (non-hydrogen) atoms. The number of imide groups is 1. The number of allylic oxidation sites excluding steroid dienone is 4. The Morgan fingerprint density at radius 2 is 1.68 bits per heavy atom. The van der Waals surface area contributed by atoms with E-state index in [9.17, 15) is 19.7 Å². The number of carbonyl (C=O) groups excluding carboxylic acids is 2. The molecule has 2 fully saturated rings. The zero-order valence-electron chi connectivity index (χ0n) is 13.6. The predicted molar refractivity (Wildman–Crippen MR) is 94.8 cm³/mol. The van der Waals surface area contributed by atoms with Crippen LogP contribution in [-0.2, 0) is 9.59 Å². The van der Waals surface area contributed by atoms with Gasteiger partial charge in [0.2, 0.25) is 11.8 Å². The minimum absolute atomic E-state index is 0.0516. The molecule has 0 N–H and O–H groups in total. The lowest BCUT2D eigenvalue weighted by molar-refractivity contribution is -0.384. The van der Waals surface area contributed by atoms with Crippen molar-refractivity contribution in [1.82, 2.24) is 0 Å². The van der Waals surface area contributed by atoms with Crippen LogP contribution in [0.2, 0.25) is 0 Å². The van der Waals surface area contributed by atoms with E-state index >= 15 is 0 Å². The third-order valence-corrected chi connectivity index (χ3v) is 5.86. The first-order valence-corrected chi connectivity index (χ1v) is 8.79. The highest BCUT2D eigenvalue weighted by atomic mass is 79.9. The molecular weight excluding hydrogens is 388 g/mol. The number of hydrogen-bond acceptors (Lipinski definition) is 4. The van der Waals surface area contributed by atoms with Gasteiger partial charge in [-0.25, -0.2) is 4.90 Å². The molecular formula is C18H15BrN2O4. The molecule has 7 heteroatoms. The lowest BCUT2D eigenvalue weighted by Gasteiger charge is -2.19. The smallest absolute Gasteiger partial charge is 0.274 e. The van der Waals surface area contributed by atoms with Crippen LogP contribution in [0.4, 0.5) is 11.4 Å². The number of hydrogen-bond donors (Lipinski definition) is 0. The van der Waals surface area contributed by atoms with Crippen LogP contribution in [-0.4, -0.2) is 16.7 Å². The van der Waals surface area contributed by atoms with E-state index in [1.807, 2.05) is 26.0 Å². The van der Waals surface area contributed by atoms with Gasteiger partial charge in [0.15, 0.2) is 0 Å². The molecule has 2 amide bonds. The molecule has 1 aromatic carbocycles. The van der Waals surface area contributed by atoms with Gasteiger partial charge in [0.25, 0.3) is 5.69 Å². The maximum absolute atomic E-state index is 13.0. The Balaban J connectivity index is 1.81. The van der Waals surface area contributed by atoms with Crippen LogP contribution in [0.3, 0.4) is 0 Å². The van der Waals surface area contributed by atoms with Crippen LogP contribution in [0.5, 0.6) is 0 Å². The highest BCUT2D eigenvalue weighted by Crippen LogP contribution is 2.57. The summed E-state index contributed by atoms with van der Waals surface area (Å²) in [5.41, 5.74) is 2.09. The molecule has 2 bridgehead atoms. The second-order valence-electron chi connectivity index (χ2n) is 6.85. The van der Waals surface area contributed by atoms with Gasteiger partial charge in [0, 0.05) is 22.4 Å². The lowest BCUT2D eigenvalue weighted by atomic mass is 9.85. The summed E-state index contributed by atoms with van der Waals surface area (Å²) in [6.45, 7) is 3.99. The Labute approximate surface area is 152 Å². The van der Waals surface area contributed by atoms with Crippen molar-refractivity contribution < 1.29 is 14.5 Å². The topological polar surface area (TPSA) is 80.5 Å². The maximum atomic E-state index is 13.0. The second kappa shape index (κ2) is 5.36. The quantitative estimate of drug-likeness (QED) is 0.327. The van der Waals surface area contributed by atoms with Gasteiger partial charge in [-0.2, -0.15) is 0 Å². The fraction of sp³-hybridized carbons (Fsp3) is 0.333. The normalized spacial score (nSPS) is 29.6. The molecule has 6 nitrogen and oxygen atoms in total. The third-order valence-electron chi connectivity index (χ3n) is 5.37. The van der Waals surface area contributed by atoms with Gasteiger partial charge in [-0.05, 0) is 26.0 Å². The molecule has 1 saturated carbocycles. The Morgan fingerprint density at radius 1 is 1.12 bits per heavy atom. The van der Waals surface area contributed by atoms with E-state index in [1.54, 1.807) is 6.07 Å². The van der Waals surface area contributed by atoms with E-state index in [0.29, 0.717) is 4.47 Å². The molecule has 3 aliphatic rings. The van der Waals surface area contributed by atoms with E-state index in [1.165, 1.54) is 12.1 Å². The predicted octanol–water partition coefficient (Wildman–Crippen LogP) is 3.62. The number of amides is 2. The van der Waals surface area contributed by atoms with Crippen molar-refractivity contribution in [1.29, 1.82) is 0 Å². The summed E-state index contributed by atoms with van der Waals surface area (Å²) in [6, 6.07) is 4.37. The molecule has 2 aliphatic carbocycles. The molecule has 0 spiro atoms. The summed E-state index contributed by atoms with van der Waals surface area (Å²) in [4.78, 5) is 37.9. The Kier molecular flexibility index (Phi) is 3.47. The van der Waals surface area contributed by atoms with Crippen LogP contribution >= 0.6 is 15.9 Å². The molecule has 1 aliphatic heterocycles. The van der Waals surface area contributed by atoms with Crippen LogP contribution < -0.4 is 4.90 Å². The average Bonchev–Trinajstić information content (AvgIpc) is 3.18. The van der Waals surface area contributed by atoms with Crippen molar-refractivity contribution in [3.8, 4) is 0 Å². The van der Waals surface area contributed by atoms with Crippen molar-refractivity contribution in [3.63, 3.8) is 0 Å². The first-order valence-electron chi connectivity index (χ1n) is 8.00. The van der Waals surface area contributed by atoms with Gasteiger partial charge in [-0.3, -0.25) is 19.7 Å². The molecule has 1 aromatic rings. The van der Waals surface area contributed by atoms with Crippen LogP contribution in [0.1, 0.15) is 13.8 Å². The summed E-state index contributed by atoms with van der Waals surface area (Å²) >= 11 is 3.20. The van der Waals surface area contributed by atoms with Crippen molar-refractivity contribution in [3.05, 3.63) is 56.1 Å². The summed E-state index contributed by atoms with van der Waals surface area (Å²) in [5.74, 6) is -1.72. The fourth-order valence-corrected chi connectivity index (χ4v) is 4.85. The van der Waals surface area contributed by atoms with E-state index in [2.05, 4.69) is 15.9 Å². The largest absolute Gasteiger partial charge is 0.294 e. The summed E-state index contributed by atoms with van der Waals surface area (Å²) in [6.07, 6.45) is 4.00. The minimum atomic E-state index is -0.566. The highest BCUT2D eigenvalue weighted by Gasteiger charge is 2.62. The van der Waals surface area contributed by atoms with E-state index in [-0.39, 0.29) is 35.0 Å². The van der Waals surface area contributed by atoms with Gasteiger partial charge < -0.3 is 0 Å². The van der Waals surface area contributed by atoms with Crippen LogP contribution in [0.15, 0.2) is 46.0 Å². The lowest BCUT2D eigenvalue weighted by Crippen LogP contribution is -2.33. The van der Waals surface area contributed by atoms with Gasteiger partial charge in [-0.15, -0.1) is 0 Å². The number of rotatable bonds is 2. The van der Waals surface area contributed by atoms with Crippen molar-refractivity contribution in [2.24, 2.45) is 23.7 Å². The standard InChI is InChI=1S/C18H15BrN2O4/c1-8(2)14-10-4-5-11(14)16-15(10)17(22)20(18(16)23)12-6-3-9(19)7-13(12)21(24)25/h3-7,10-11,15-16H,1-2H3/t10-,11+,15-,16-/m0/s1. The van der Waals surface area contributed by atoms with E-state index < -0.39 is 16.8 Å². The molecule has 1 saturated heterocycles. The van der Waals surface area contributed by atoms with Gasteiger partial charge in [-0.1, -0.05) is 39.2 Å². The summed E-state index contributed by atoms with van der Waals surface area (Å²) in [7, 11) is 0. The van der Waals surface area contributed by atoms with E-state index in [0.717, 1.165) is 16.0 Å². The summed E-state index contributed by atoms with van der Waals surface area (Å²) < 4.78 is 0.524. The maximum Gasteiger partial charge on any atom is 0.294 e. The number of anilines is 1. The van der Waals surface area contributed by atoms with Crippen molar-refractivity contribution in [2.75, 3.05) is 4.90 Å². The van der Waals surface area contributed by atoms with Gasteiger partial charge >= 0.3 is 0 Å². The van der Waals surface area contributed by atoms with Crippen molar-refractivity contribution in [2.45, 2.75) is 13.8 Å². The highest BCUT2D eigenvalue weighted by molar-refractivity contribution is 9.10. The third kappa shape index (κ3) is 2.08. The number of nitro groups is 1. The number of halogens is 1. The number of nitro benzene ring substituents is 1. The molecule has 128 valence electrons. The first kappa shape index (κ1) is 16.2. The Morgan fingerprint density at radius 3 is 2.16 bits per heavy atom. The fourth-order valence-electron chi connectivity index (χ4n) is 4.50. The number of fused-ring (bicyclic) bond motifs is 5. The molecule has 0 unspecified atom stereocenters. The number of carbonyl (C=O) groups is 2. The molecule has 4 atom stereocenters. The average molecular weight is 403 g/mol. The monoisotopic (exact) mass is 402 g/mol. The van der Waals surface area contributed by atoms with Crippen molar-refractivity contribution >= 4 is 39.1 Å². The summed E-state index contributed by atoms with van der Waals surface area (Å²) in [5, 5.41) is 11.4. The zero-order valence-corrected chi connectivity index (χ0v) is 15.2. The minimum Gasteiger partial charge on any atom is -0.274 e. The molecule has 0 radical (unpaired) electrons. The zero-order chi connectivity index (χ0) is 18.0. The van der Waals surface area contributed by atoms with Gasteiger partial charge in [0.05, 0.1) is 16.8 Å². The number of benzene rings is 1.